The second-order valence-corrected chi connectivity index (χ2v) is 2.53. The van der Waals surface area contributed by atoms with Gasteiger partial charge in [-0.3, -0.25) is 0 Å². The van der Waals surface area contributed by atoms with Crippen LogP contribution in [0, 0.1) is 18.8 Å². The molecule has 2 aromatic rings. The maximum absolute atomic E-state index is 12.7. The SMILES string of the molecule is Cc1ncc2[c]cc(F)cc2n1. The number of nitrogens with zero attached hydrogens (tertiary/aromatic N) is 2. The van der Waals surface area contributed by atoms with Crippen molar-refractivity contribution in [1.82, 2.24) is 9.97 Å². The Morgan fingerprint density at radius 1 is 1.50 bits per heavy atom. The lowest BCUT2D eigenvalue weighted by Crippen LogP contribution is -1.88. The van der Waals surface area contributed by atoms with Gasteiger partial charge in [0.25, 0.3) is 0 Å². The van der Waals surface area contributed by atoms with Crippen molar-refractivity contribution in [3.63, 3.8) is 0 Å². The lowest BCUT2D eigenvalue weighted by molar-refractivity contribution is 0.629. The van der Waals surface area contributed by atoms with Crippen molar-refractivity contribution in [2.45, 2.75) is 6.92 Å². The molecule has 3 heteroatoms. The Morgan fingerprint density at radius 2 is 2.33 bits per heavy atom. The quantitative estimate of drug-likeness (QED) is 0.589. The van der Waals surface area contributed by atoms with Gasteiger partial charge in [0.05, 0.1) is 5.52 Å². The molecule has 1 heterocycles. The van der Waals surface area contributed by atoms with Crippen LogP contribution >= 0.6 is 0 Å². The van der Waals surface area contributed by atoms with Crippen molar-refractivity contribution < 1.29 is 4.39 Å². The molecule has 1 radical (unpaired) electrons. The molecule has 12 heavy (non-hydrogen) atoms. The van der Waals surface area contributed by atoms with Crippen LogP contribution in [0.3, 0.4) is 0 Å². The lowest BCUT2D eigenvalue weighted by Gasteiger charge is -1.96. The molecule has 0 saturated heterocycles. The van der Waals surface area contributed by atoms with E-state index in [1.54, 1.807) is 13.1 Å². The fourth-order valence-corrected chi connectivity index (χ4v) is 1.03. The molecule has 0 saturated carbocycles. The van der Waals surface area contributed by atoms with Gasteiger partial charge in [-0.25, -0.2) is 14.4 Å². The Hall–Kier alpha value is -1.51. The molecular formula is C9H6FN2. The van der Waals surface area contributed by atoms with Crippen molar-refractivity contribution in [3.05, 3.63) is 36.0 Å². The first-order valence-electron chi connectivity index (χ1n) is 3.56. The number of hydrogen-bond acceptors (Lipinski definition) is 2. The van der Waals surface area contributed by atoms with Crippen molar-refractivity contribution in [2.75, 3.05) is 0 Å². The summed E-state index contributed by atoms with van der Waals surface area (Å²) >= 11 is 0. The number of fused-ring (bicyclic) bond motifs is 1. The van der Waals surface area contributed by atoms with Crippen LogP contribution in [0.4, 0.5) is 4.39 Å². The van der Waals surface area contributed by atoms with Crippen molar-refractivity contribution >= 4 is 10.9 Å². The summed E-state index contributed by atoms with van der Waals surface area (Å²) < 4.78 is 12.7. The molecule has 0 aliphatic heterocycles. The first kappa shape index (κ1) is 7.16. The van der Waals surface area contributed by atoms with Crippen LogP contribution in [-0.2, 0) is 0 Å². The first-order valence-corrected chi connectivity index (χ1v) is 3.56. The largest absolute Gasteiger partial charge is 0.241 e. The fourth-order valence-electron chi connectivity index (χ4n) is 1.03. The normalized spacial score (nSPS) is 10.5. The summed E-state index contributed by atoms with van der Waals surface area (Å²) in [7, 11) is 0. The maximum atomic E-state index is 12.7. The second kappa shape index (κ2) is 2.52. The minimum Gasteiger partial charge on any atom is -0.241 e. The van der Waals surface area contributed by atoms with E-state index in [2.05, 4.69) is 16.0 Å². The van der Waals surface area contributed by atoms with E-state index >= 15 is 0 Å². The van der Waals surface area contributed by atoms with Gasteiger partial charge >= 0.3 is 0 Å². The highest BCUT2D eigenvalue weighted by Gasteiger charge is 1.97. The smallest absolute Gasteiger partial charge is 0.126 e. The van der Waals surface area contributed by atoms with Crippen LogP contribution in [0.2, 0.25) is 0 Å². The summed E-state index contributed by atoms with van der Waals surface area (Å²) in [5, 5.41) is 0.738. The van der Waals surface area contributed by atoms with E-state index < -0.39 is 0 Å². The average Bonchev–Trinajstić information content (AvgIpc) is 2.03. The van der Waals surface area contributed by atoms with Gasteiger partial charge in [-0.05, 0) is 19.1 Å². The second-order valence-electron chi connectivity index (χ2n) is 2.53. The number of aryl methyl sites for hydroxylation is 1. The molecule has 0 atom stereocenters. The molecule has 0 bridgehead atoms. The molecule has 1 aromatic heterocycles. The van der Waals surface area contributed by atoms with Crippen LogP contribution in [0.5, 0.6) is 0 Å². The highest BCUT2D eigenvalue weighted by molar-refractivity contribution is 5.76. The van der Waals surface area contributed by atoms with Gasteiger partial charge in [0.1, 0.15) is 11.6 Å². The standard InChI is InChI=1S/C9H6FN2/c1-6-11-5-7-2-3-8(10)4-9(7)12-6/h3-5H,1H3. The molecule has 2 nitrogen and oxygen atoms in total. The maximum Gasteiger partial charge on any atom is 0.126 e. The molecule has 0 spiro atoms. The monoisotopic (exact) mass is 161 g/mol. The Bertz CT molecular complexity index is 389. The highest BCUT2D eigenvalue weighted by Crippen LogP contribution is 2.10. The zero-order chi connectivity index (χ0) is 8.55. The van der Waals surface area contributed by atoms with Gasteiger partial charge < -0.3 is 0 Å². The third-order valence-electron chi connectivity index (χ3n) is 1.58. The molecule has 0 aliphatic rings. The Kier molecular flexibility index (Phi) is 1.50. The van der Waals surface area contributed by atoms with Gasteiger partial charge in [-0.2, -0.15) is 0 Å². The molecule has 0 aliphatic carbocycles. The number of rotatable bonds is 0. The van der Waals surface area contributed by atoms with Crippen molar-refractivity contribution in [2.24, 2.45) is 0 Å². The van der Waals surface area contributed by atoms with E-state index in [9.17, 15) is 4.39 Å². The Labute approximate surface area is 69.1 Å². The van der Waals surface area contributed by atoms with Crippen LogP contribution in [0.1, 0.15) is 5.82 Å². The van der Waals surface area contributed by atoms with Crippen LogP contribution in [-0.4, -0.2) is 9.97 Å². The van der Waals surface area contributed by atoms with Gasteiger partial charge in [-0.1, -0.05) is 0 Å². The summed E-state index contributed by atoms with van der Waals surface area (Å²) in [6.45, 7) is 1.77. The number of halogens is 1. The van der Waals surface area contributed by atoms with Crippen LogP contribution in [0.25, 0.3) is 10.9 Å². The zero-order valence-corrected chi connectivity index (χ0v) is 6.50. The molecule has 0 N–H and O–H groups in total. The van der Waals surface area contributed by atoms with E-state index in [-0.39, 0.29) is 5.82 Å². The summed E-state index contributed by atoms with van der Waals surface area (Å²) in [5.74, 6) is 0.321. The highest BCUT2D eigenvalue weighted by atomic mass is 19.1. The van der Waals surface area contributed by atoms with E-state index in [0.29, 0.717) is 11.3 Å². The first-order chi connectivity index (χ1) is 5.75. The summed E-state index contributed by atoms with van der Waals surface area (Å²) in [6, 6.07) is 5.40. The number of aromatic nitrogens is 2. The van der Waals surface area contributed by atoms with Crippen molar-refractivity contribution in [1.29, 1.82) is 0 Å². The minimum absolute atomic E-state index is 0.319. The molecule has 59 valence electrons. The molecule has 2 rings (SSSR count). The summed E-state index contributed by atoms with van der Waals surface area (Å²) in [5.41, 5.74) is 0.600. The van der Waals surface area contributed by atoms with E-state index in [0.717, 1.165) is 5.39 Å². The average molecular weight is 161 g/mol. The Balaban J connectivity index is 2.80. The van der Waals surface area contributed by atoms with E-state index in [1.807, 2.05) is 0 Å². The predicted octanol–water partition coefficient (Wildman–Crippen LogP) is 1.88. The van der Waals surface area contributed by atoms with Gasteiger partial charge in [0.2, 0.25) is 0 Å². The van der Waals surface area contributed by atoms with Crippen molar-refractivity contribution in [3.8, 4) is 0 Å². The molecule has 0 amide bonds. The topological polar surface area (TPSA) is 25.8 Å². The van der Waals surface area contributed by atoms with E-state index in [4.69, 9.17) is 0 Å². The van der Waals surface area contributed by atoms with Crippen LogP contribution < -0.4 is 0 Å². The molecule has 0 fully saturated rings. The van der Waals surface area contributed by atoms with Gasteiger partial charge in [0, 0.05) is 17.6 Å². The third kappa shape index (κ3) is 1.13. The predicted molar refractivity (Wildman–Crippen MR) is 43.1 cm³/mol. The number of hydrogen-bond donors (Lipinski definition) is 0. The lowest BCUT2D eigenvalue weighted by atomic mass is 10.2. The number of benzene rings is 1. The Morgan fingerprint density at radius 3 is 3.17 bits per heavy atom. The molecular weight excluding hydrogens is 155 g/mol. The fraction of sp³-hybridized carbons (Fsp3) is 0.111. The summed E-state index contributed by atoms with van der Waals surface area (Å²) in [4.78, 5) is 8.03. The van der Waals surface area contributed by atoms with Gasteiger partial charge in [-0.15, -0.1) is 0 Å². The van der Waals surface area contributed by atoms with E-state index in [1.165, 1.54) is 12.1 Å². The minimum atomic E-state index is -0.319. The summed E-state index contributed by atoms with van der Waals surface area (Å²) in [6.07, 6.45) is 1.64. The van der Waals surface area contributed by atoms with Gasteiger partial charge in [0.15, 0.2) is 0 Å². The van der Waals surface area contributed by atoms with Crippen LogP contribution in [0.15, 0.2) is 18.3 Å². The zero-order valence-electron chi connectivity index (χ0n) is 6.50. The third-order valence-corrected chi connectivity index (χ3v) is 1.58. The molecule has 1 aromatic carbocycles. The molecule has 0 unspecified atom stereocenters.